The van der Waals surface area contributed by atoms with Crippen molar-refractivity contribution in [2.45, 2.75) is 23.5 Å². The highest BCUT2D eigenvalue weighted by Gasteiger charge is 2.36. The minimum atomic E-state index is -4.87. The van der Waals surface area contributed by atoms with E-state index in [2.05, 4.69) is 15.5 Å². The number of aromatic nitrogens is 3. The molecule has 0 aliphatic heterocycles. The predicted molar refractivity (Wildman–Crippen MR) is 95.0 cm³/mol. The predicted octanol–water partition coefficient (Wildman–Crippen LogP) is 3.78. The zero-order valence-electron chi connectivity index (χ0n) is 14.2. The molecule has 2 heterocycles. The van der Waals surface area contributed by atoms with E-state index >= 15 is 0 Å². The summed E-state index contributed by atoms with van der Waals surface area (Å²) in [5.74, 6) is -0.711. The number of carbonyl (C=O) groups excluding carboxylic acids is 1. The van der Waals surface area contributed by atoms with Gasteiger partial charge in [-0.25, -0.2) is 0 Å². The van der Waals surface area contributed by atoms with Crippen molar-refractivity contribution in [3.8, 4) is 0 Å². The molecule has 1 unspecified atom stereocenters. The third-order valence-corrected chi connectivity index (χ3v) is 4.77. The first kappa shape index (κ1) is 19.6. The monoisotopic (exact) mass is 411 g/mol. The lowest BCUT2D eigenvalue weighted by Gasteiger charge is -2.15. The van der Waals surface area contributed by atoms with Crippen molar-refractivity contribution in [2.24, 2.45) is 0 Å². The number of benzene rings is 1. The number of rotatable bonds is 5. The van der Waals surface area contributed by atoms with Crippen molar-refractivity contribution in [1.82, 2.24) is 14.6 Å². The number of hydrogen-bond acceptors (Lipinski definition) is 6. The van der Waals surface area contributed by atoms with Crippen molar-refractivity contribution in [1.29, 1.82) is 0 Å². The number of nitro benzene ring substituents is 1. The summed E-state index contributed by atoms with van der Waals surface area (Å²) in [6.45, 7) is 1.50. The van der Waals surface area contributed by atoms with Crippen LogP contribution in [-0.4, -0.2) is 30.7 Å². The highest BCUT2D eigenvalue weighted by atomic mass is 32.2. The number of halogens is 3. The van der Waals surface area contributed by atoms with Gasteiger partial charge in [-0.3, -0.25) is 19.3 Å². The lowest BCUT2D eigenvalue weighted by molar-refractivity contribution is -0.385. The number of alkyl halides is 3. The van der Waals surface area contributed by atoms with Crippen molar-refractivity contribution in [3.63, 3.8) is 0 Å². The number of nitrogens with one attached hydrogen (secondary N) is 1. The second-order valence-corrected chi connectivity index (χ2v) is 6.95. The molecule has 1 N–H and O–H groups in total. The van der Waals surface area contributed by atoms with E-state index in [0.29, 0.717) is 16.9 Å². The number of amides is 1. The van der Waals surface area contributed by atoms with Crippen molar-refractivity contribution >= 4 is 34.7 Å². The van der Waals surface area contributed by atoms with E-state index in [9.17, 15) is 28.1 Å². The van der Waals surface area contributed by atoms with Crippen molar-refractivity contribution in [3.05, 3.63) is 58.3 Å². The number of carbonyl (C=O) groups is 1. The Kier molecular flexibility index (Phi) is 5.23. The summed E-state index contributed by atoms with van der Waals surface area (Å²) in [5, 5.41) is 20.4. The second kappa shape index (κ2) is 7.46. The molecule has 1 amide bonds. The fourth-order valence-corrected chi connectivity index (χ4v) is 3.17. The van der Waals surface area contributed by atoms with E-state index in [-0.39, 0.29) is 0 Å². The molecular formula is C16H12F3N5O3S. The van der Waals surface area contributed by atoms with Crippen LogP contribution in [0.1, 0.15) is 12.5 Å². The molecule has 0 bridgehead atoms. The fraction of sp³-hybridized carbons (Fsp3) is 0.188. The van der Waals surface area contributed by atoms with E-state index < -0.39 is 39.2 Å². The van der Waals surface area contributed by atoms with E-state index in [4.69, 9.17) is 0 Å². The quantitative estimate of drug-likeness (QED) is 0.389. The average molecular weight is 411 g/mol. The van der Waals surface area contributed by atoms with Gasteiger partial charge in [-0.1, -0.05) is 17.8 Å². The van der Waals surface area contributed by atoms with Crippen LogP contribution >= 0.6 is 11.8 Å². The molecule has 0 saturated heterocycles. The van der Waals surface area contributed by atoms with Gasteiger partial charge in [0.15, 0.2) is 10.8 Å². The molecule has 1 aromatic carbocycles. The summed E-state index contributed by atoms with van der Waals surface area (Å²) in [6, 6.07) is 7.38. The number of nitro groups is 1. The number of nitrogens with zero attached hydrogens (tertiary/aromatic N) is 4. The molecule has 12 heteroatoms. The smallest absolute Gasteiger partial charge is 0.325 e. The van der Waals surface area contributed by atoms with Gasteiger partial charge in [0.05, 0.1) is 21.4 Å². The summed E-state index contributed by atoms with van der Waals surface area (Å²) in [4.78, 5) is 22.2. The molecule has 2 aromatic heterocycles. The number of thioether (sulfide) groups is 1. The van der Waals surface area contributed by atoms with E-state index in [1.165, 1.54) is 6.92 Å². The van der Waals surface area contributed by atoms with Gasteiger partial charge in [0.25, 0.3) is 5.69 Å². The van der Waals surface area contributed by atoms with Gasteiger partial charge in [-0.15, -0.1) is 10.2 Å². The number of fused-ring (bicyclic) bond motifs is 1. The molecule has 28 heavy (non-hydrogen) atoms. The Bertz CT molecular complexity index is 1050. The summed E-state index contributed by atoms with van der Waals surface area (Å²) in [5.41, 5.74) is -2.00. The van der Waals surface area contributed by atoms with Crippen LogP contribution in [0.15, 0.2) is 47.8 Å². The van der Waals surface area contributed by atoms with Crippen molar-refractivity contribution in [2.75, 3.05) is 5.32 Å². The SMILES string of the molecule is CC(Sc1nnc2ccccn12)C(=O)Nc1ccc([N+](=O)[O-])cc1C(F)(F)F. The Balaban J connectivity index is 1.81. The zero-order valence-corrected chi connectivity index (χ0v) is 15.0. The number of anilines is 1. The number of pyridine rings is 1. The van der Waals surface area contributed by atoms with Crippen LogP contribution in [0.2, 0.25) is 0 Å². The maximum absolute atomic E-state index is 13.2. The van der Waals surface area contributed by atoms with Gasteiger partial charge in [0.1, 0.15) is 0 Å². The van der Waals surface area contributed by atoms with Crippen LogP contribution in [0.25, 0.3) is 5.65 Å². The molecule has 0 spiro atoms. The van der Waals surface area contributed by atoms with Crippen molar-refractivity contribution < 1.29 is 22.9 Å². The molecule has 0 saturated carbocycles. The average Bonchev–Trinajstić information content (AvgIpc) is 3.04. The lowest BCUT2D eigenvalue weighted by Crippen LogP contribution is -2.24. The molecular weight excluding hydrogens is 399 g/mol. The molecule has 3 rings (SSSR count). The third-order valence-electron chi connectivity index (χ3n) is 3.71. The normalized spacial score (nSPS) is 12.7. The number of hydrogen-bond donors (Lipinski definition) is 1. The molecule has 1 atom stereocenters. The molecule has 0 aliphatic carbocycles. The van der Waals surface area contributed by atoms with E-state index in [0.717, 1.165) is 23.9 Å². The summed E-state index contributed by atoms with van der Waals surface area (Å²) in [6.07, 6.45) is -3.17. The lowest BCUT2D eigenvalue weighted by atomic mass is 10.1. The van der Waals surface area contributed by atoms with Gasteiger partial charge in [-0.2, -0.15) is 13.2 Å². The third kappa shape index (κ3) is 4.06. The van der Waals surface area contributed by atoms with Gasteiger partial charge >= 0.3 is 6.18 Å². The summed E-state index contributed by atoms with van der Waals surface area (Å²) in [7, 11) is 0. The van der Waals surface area contributed by atoms with Crippen LogP contribution in [0.4, 0.5) is 24.5 Å². The maximum atomic E-state index is 13.2. The Morgan fingerprint density at radius 3 is 2.71 bits per heavy atom. The van der Waals surface area contributed by atoms with Crippen LogP contribution in [-0.2, 0) is 11.0 Å². The Hall–Kier alpha value is -3.15. The van der Waals surface area contributed by atoms with Crippen LogP contribution in [0.5, 0.6) is 0 Å². The van der Waals surface area contributed by atoms with E-state index in [1.807, 2.05) is 0 Å². The standard InChI is InChI=1S/C16H12F3N5O3S/c1-9(28-15-22-21-13-4-2-3-7-23(13)15)14(25)20-12-6-5-10(24(26)27)8-11(12)16(17,18)19/h2-9H,1H3,(H,20,25). The highest BCUT2D eigenvalue weighted by molar-refractivity contribution is 8.00. The minimum absolute atomic E-state index is 0.388. The largest absolute Gasteiger partial charge is 0.418 e. The first-order valence-corrected chi connectivity index (χ1v) is 8.67. The van der Waals surface area contributed by atoms with Gasteiger partial charge in [-0.05, 0) is 25.1 Å². The fourth-order valence-electron chi connectivity index (χ4n) is 2.34. The van der Waals surface area contributed by atoms with Gasteiger partial charge < -0.3 is 5.32 Å². The topological polar surface area (TPSA) is 102 Å². The maximum Gasteiger partial charge on any atom is 0.418 e. The van der Waals surface area contributed by atoms with E-state index in [1.54, 1.807) is 28.8 Å². The highest BCUT2D eigenvalue weighted by Crippen LogP contribution is 2.37. The summed E-state index contributed by atoms with van der Waals surface area (Å²) >= 11 is 1.02. The Labute approximate surface area is 159 Å². The summed E-state index contributed by atoms with van der Waals surface area (Å²) < 4.78 is 41.3. The molecule has 0 fully saturated rings. The molecule has 3 aromatic rings. The minimum Gasteiger partial charge on any atom is -0.325 e. The zero-order chi connectivity index (χ0) is 20.5. The van der Waals surface area contributed by atoms with Gasteiger partial charge in [0.2, 0.25) is 5.91 Å². The van der Waals surface area contributed by atoms with Crippen LogP contribution < -0.4 is 5.32 Å². The molecule has 0 radical (unpaired) electrons. The molecule has 146 valence electrons. The first-order chi connectivity index (χ1) is 13.2. The second-order valence-electron chi connectivity index (χ2n) is 5.65. The van der Waals surface area contributed by atoms with Crippen LogP contribution in [0, 0.1) is 10.1 Å². The molecule has 8 nitrogen and oxygen atoms in total. The van der Waals surface area contributed by atoms with Crippen LogP contribution in [0.3, 0.4) is 0 Å². The van der Waals surface area contributed by atoms with Gasteiger partial charge in [0, 0.05) is 18.3 Å². The first-order valence-electron chi connectivity index (χ1n) is 7.80. The molecule has 0 aliphatic rings. The number of non-ortho nitro benzene ring substituents is 1. The Morgan fingerprint density at radius 2 is 2.04 bits per heavy atom. The Morgan fingerprint density at radius 1 is 1.29 bits per heavy atom.